The molecule has 0 radical (unpaired) electrons. The van der Waals surface area contributed by atoms with Gasteiger partial charge in [-0.3, -0.25) is 0 Å². The standard InChI is InChI=1S/C18H15S.C17H14O6S2/c1-4-10-16(11-5-1)19(17-12-6-2-7-13-17)18-14-8-3-9-15-18;1-12-2-7-16(8-3-12)25(21,22)23-15-6-4-14-11-17(24(18,19)20)9-5-13(14)10-15/h1-15H;2-11H,1H3,(H,18,19,20)/q+1;/p-1. The molecule has 0 amide bonds. The van der Waals surface area contributed by atoms with Crippen LogP contribution in [0.5, 0.6) is 5.75 Å². The highest BCUT2D eigenvalue weighted by Gasteiger charge is 2.27. The van der Waals surface area contributed by atoms with Crippen LogP contribution in [0.2, 0.25) is 0 Å². The van der Waals surface area contributed by atoms with Crippen LogP contribution in [0.3, 0.4) is 0 Å². The van der Waals surface area contributed by atoms with E-state index >= 15 is 0 Å². The Balaban J connectivity index is 0.000000181. The van der Waals surface area contributed by atoms with Crippen molar-refractivity contribution in [1.82, 2.24) is 0 Å². The van der Waals surface area contributed by atoms with E-state index in [9.17, 15) is 21.4 Å². The molecule has 222 valence electrons. The van der Waals surface area contributed by atoms with Gasteiger partial charge >= 0.3 is 10.1 Å². The number of fused-ring (bicyclic) bond motifs is 1. The average molecular weight is 641 g/mol. The highest BCUT2D eigenvalue weighted by molar-refractivity contribution is 7.97. The first-order chi connectivity index (χ1) is 21.1. The van der Waals surface area contributed by atoms with Crippen LogP contribution in [-0.2, 0) is 31.1 Å². The van der Waals surface area contributed by atoms with E-state index in [4.69, 9.17) is 4.18 Å². The summed E-state index contributed by atoms with van der Waals surface area (Å²) in [6.07, 6.45) is 0. The molecule has 0 bridgehead atoms. The van der Waals surface area contributed by atoms with Crippen molar-refractivity contribution in [2.75, 3.05) is 0 Å². The fourth-order valence-corrected chi connectivity index (χ4v) is 7.90. The van der Waals surface area contributed by atoms with Crippen molar-refractivity contribution < 1.29 is 25.6 Å². The Morgan fingerprint density at radius 2 is 0.955 bits per heavy atom. The maximum atomic E-state index is 12.3. The minimum atomic E-state index is -4.55. The first-order valence-electron chi connectivity index (χ1n) is 13.5. The first-order valence-corrected chi connectivity index (χ1v) is 17.5. The lowest BCUT2D eigenvalue weighted by Crippen LogP contribution is -2.09. The minimum absolute atomic E-state index is 0.0146. The lowest BCUT2D eigenvalue weighted by Gasteiger charge is -2.10. The molecule has 0 N–H and O–H groups in total. The second kappa shape index (κ2) is 13.5. The van der Waals surface area contributed by atoms with Crippen molar-refractivity contribution in [2.24, 2.45) is 0 Å². The molecule has 0 aromatic heterocycles. The Kier molecular flexibility index (Phi) is 9.51. The molecule has 6 nitrogen and oxygen atoms in total. The maximum Gasteiger partial charge on any atom is 0.339 e. The summed E-state index contributed by atoms with van der Waals surface area (Å²) in [5.74, 6) is 0.0887. The fraction of sp³-hybridized carbons (Fsp3) is 0.0286. The fourth-order valence-electron chi connectivity index (χ4n) is 4.37. The summed E-state index contributed by atoms with van der Waals surface area (Å²) in [6, 6.07) is 46.6. The molecule has 0 fully saturated rings. The number of rotatable bonds is 7. The van der Waals surface area contributed by atoms with E-state index in [1.54, 1.807) is 12.1 Å². The Labute approximate surface area is 260 Å². The molecule has 0 spiro atoms. The Morgan fingerprint density at radius 3 is 1.43 bits per heavy atom. The zero-order chi connectivity index (χ0) is 31.2. The summed E-state index contributed by atoms with van der Waals surface area (Å²) < 4.78 is 62.9. The topological polar surface area (TPSA) is 101 Å². The smallest absolute Gasteiger partial charge is 0.339 e. The van der Waals surface area contributed by atoms with Crippen molar-refractivity contribution in [2.45, 2.75) is 31.4 Å². The summed E-state index contributed by atoms with van der Waals surface area (Å²) in [7, 11) is -8.54. The van der Waals surface area contributed by atoms with Gasteiger partial charge < -0.3 is 8.74 Å². The van der Waals surface area contributed by atoms with Gasteiger partial charge in [0.15, 0.2) is 14.7 Å². The molecule has 6 aromatic carbocycles. The summed E-state index contributed by atoms with van der Waals surface area (Å²) in [5.41, 5.74) is 0.925. The van der Waals surface area contributed by atoms with Crippen molar-refractivity contribution >= 4 is 41.9 Å². The monoisotopic (exact) mass is 640 g/mol. The van der Waals surface area contributed by atoms with Gasteiger partial charge in [0.25, 0.3) is 0 Å². The molecule has 0 saturated heterocycles. The lowest BCUT2D eigenvalue weighted by molar-refractivity contribution is 0.463. The van der Waals surface area contributed by atoms with Gasteiger partial charge in [-0.25, -0.2) is 8.42 Å². The van der Waals surface area contributed by atoms with Crippen LogP contribution in [0.4, 0.5) is 0 Å². The SMILES string of the molecule is Cc1ccc(S(=O)(=O)Oc2ccc3cc(S(=O)(=O)[O-])ccc3c2)cc1.c1ccc([S+](c2ccccc2)c2ccccc2)cc1. The van der Waals surface area contributed by atoms with Crippen molar-refractivity contribution in [3.8, 4) is 5.75 Å². The molecule has 0 heterocycles. The summed E-state index contributed by atoms with van der Waals surface area (Å²) in [4.78, 5) is 3.77. The quantitative estimate of drug-likeness (QED) is 0.101. The molecule has 0 aliphatic rings. The molecule has 6 aromatic rings. The van der Waals surface area contributed by atoms with Crippen LogP contribution in [0.25, 0.3) is 10.8 Å². The molecule has 44 heavy (non-hydrogen) atoms. The molecular weight excluding hydrogens is 613 g/mol. The predicted octanol–water partition coefficient (Wildman–Crippen LogP) is 7.60. The third kappa shape index (κ3) is 7.75. The van der Waals surface area contributed by atoms with Gasteiger partial charge in [0.2, 0.25) is 0 Å². The van der Waals surface area contributed by atoms with E-state index in [0.717, 1.165) is 5.56 Å². The number of hydrogen-bond donors (Lipinski definition) is 0. The van der Waals surface area contributed by atoms with E-state index in [-0.39, 0.29) is 26.4 Å². The van der Waals surface area contributed by atoms with E-state index in [2.05, 4.69) is 91.0 Å². The number of hydrogen-bond acceptors (Lipinski definition) is 6. The Morgan fingerprint density at radius 1 is 0.523 bits per heavy atom. The van der Waals surface area contributed by atoms with Gasteiger partial charge in [-0.05, 0) is 90.5 Å². The van der Waals surface area contributed by atoms with Crippen molar-refractivity contribution in [1.29, 1.82) is 0 Å². The van der Waals surface area contributed by atoms with Gasteiger partial charge in [0.05, 0.1) is 15.8 Å². The van der Waals surface area contributed by atoms with Crippen LogP contribution in [0, 0.1) is 6.92 Å². The molecule has 0 aliphatic heterocycles. The first kappa shape index (κ1) is 31.0. The molecule has 6 rings (SSSR count). The van der Waals surface area contributed by atoms with Crippen LogP contribution in [0.1, 0.15) is 5.56 Å². The molecule has 0 aliphatic carbocycles. The summed E-state index contributed by atoms with van der Waals surface area (Å²) in [6.45, 7) is 1.84. The Bertz CT molecular complexity index is 1970. The van der Waals surface area contributed by atoms with Gasteiger partial charge in [-0.15, -0.1) is 0 Å². The molecule has 9 heteroatoms. The zero-order valence-corrected chi connectivity index (χ0v) is 26.1. The second-order valence-electron chi connectivity index (χ2n) is 9.72. The van der Waals surface area contributed by atoms with Crippen LogP contribution in [0.15, 0.2) is 176 Å². The van der Waals surface area contributed by atoms with Crippen molar-refractivity contribution in [3.05, 3.63) is 157 Å². The largest absolute Gasteiger partial charge is 0.744 e. The number of aryl methyl sites for hydroxylation is 1. The minimum Gasteiger partial charge on any atom is -0.744 e. The van der Waals surface area contributed by atoms with E-state index in [0.29, 0.717) is 10.8 Å². The zero-order valence-electron chi connectivity index (χ0n) is 23.6. The Hall–Kier alpha value is -4.41. The van der Waals surface area contributed by atoms with Crippen molar-refractivity contribution in [3.63, 3.8) is 0 Å². The molecular formula is C35H28O6S3. The lowest BCUT2D eigenvalue weighted by atomic mass is 10.1. The van der Waals surface area contributed by atoms with Crippen LogP contribution < -0.4 is 4.18 Å². The van der Waals surface area contributed by atoms with E-state index in [1.807, 2.05) is 6.92 Å². The molecule has 0 unspecified atom stereocenters. The highest BCUT2D eigenvalue weighted by Crippen LogP contribution is 2.30. The third-order valence-electron chi connectivity index (χ3n) is 6.52. The normalized spacial score (nSPS) is 11.5. The van der Waals surface area contributed by atoms with Gasteiger partial charge in [0, 0.05) is 0 Å². The average Bonchev–Trinajstić information content (AvgIpc) is 3.02. The number of benzene rings is 6. The van der Waals surface area contributed by atoms with Gasteiger partial charge in [-0.2, -0.15) is 8.42 Å². The highest BCUT2D eigenvalue weighted by atomic mass is 32.2. The summed E-state index contributed by atoms with van der Waals surface area (Å²) >= 11 is 0. The van der Waals surface area contributed by atoms with E-state index in [1.165, 1.54) is 63.2 Å². The molecule has 0 saturated carbocycles. The predicted molar refractivity (Wildman–Crippen MR) is 172 cm³/mol. The third-order valence-corrected chi connectivity index (χ3v) is 10.8. The van der Waals surface area contributed by atoms with Crippen LogP contribution >= 0.6 is 0 Å². The van der Waals surface area contributed by atoms with Gasteiger partial charge in [-0.1, -0.05) is 84.4 Å². The van der Waals surface area contributed by atoms with Crippen LogP contribution in [-0.4, -0.2) is 21.4 Å². The van der Waals surface area contributed by atoms with Gasteiger partial charge in [0.1, 0.15) is 20.8 Å². The van der Waals surface area contributed by atoms with E-state index < -0.39 is 20.2 Å². The second-order valence-corrected chi connectivity index (χ2v) is 14.7. The molecule has 0 atom stereocenters. The maximum absolute atomic E-state index is 12.3. The summed E-state index contributed by atoms with van der Waals surface area (Å²) in [5, 5.41) is 1.03.